The van der Waals surface area contributed by atoms with Gasteiger partial charge in [0.2, 0.25) is 0 Å². The van der Waals surface area contributed by atoms with Gasteiger partial charge in [-0.1, -0.05) is 15.9 Å². The van der Waals surface area contributed by atoms with E-state index < -0.39 is 0 Å². The van der Waals surface area contributed by atoms with Crippen LogP contribution in [0, 0.1) is 0 Å². The van der Waals surface area contributed by atoms with Crippen LogP contribution in [-0.2, 0) is 12.8 Å². The number of H-pyrrole nitrogens is 1. The summed E-state index contributed by atoms with van der Waals surface area (Å²) in [6.45, 7) is 0. The van der Waals surface area contributed by atoms with Gasteiger partial charge in [-0.2, -0.15) is 0 Å². The van der Waals surface area contributed by atoms with Gasteiger partial charge >= 0.3 is 0 Å². The van der Waals surface area contributed by atoms with E-state index in [0.29, 0.717) is 6.04 Å². The smallest absolute Gasteiger partial charge is 0.0459 e. The third kappa shape index (κ3) is 2.10. The summed E-state index contributed by atoms with van der Waals surface area (Å²) in [5.74, 6) is 0. The Morgan fingerprint density at radius 3 is 2.94 bits per heavy atom. The molecule has 1 unspecified atom stereocenters. The van der Waals surface area contributed by atoms with Crippen LogP contribution in [0.4, 0.5) is 0 Å². The van der Waals surface area contributed by atoms with Crippen LogP contribution in [-0.4, -0.2) is 30.0 Å². The third-order valence-electron chi connectivity index (χ3n) is 4.09. The molecule has 0 saturated heterocycles. The lowest BCUT2D eigenvalue weighted by molar-refractivity contribution is 0.277. The number of hydrogen-bond acceptors (Lipinski definition) is 1. The average Bonchev–Trinajstić information content (AvgIpc) is 2.54. The number of likely N-dealkylation sites (N-methyl/N-ethyl adjacent to an activating group) is 1. The van der Waals surface area contributed by atoms with Crippen molar-refractivity contribution in [2.75, 3.05) is 14.1 Å². The molecule has 2 aromatic rings. The fraction of sp³-hybridized carbons (Fsp3) is 0.467. The van der Waals surface area contributed by atoms with Crippen molar-refractivity contribution in [2.45, 2.75) is 31.7 Å². The first-order valence-electron chi connectivity index (χ1n) is 6.60. The van der Waals surface area contributed by atoms with Crippen molar-refractivity contribution >= 4 is 26.8 Å². The van der Waals surface area contributed by atoms with Gasteiger partial charge < -0.3 is 9.88 Å². The largest absolute Gasteiger partial charge is 0.358 e. The van der Waals surface area contributed by atoms with Gasteiger partial charge in [-0.3, -0.25) is 0 Å². The molecule has 0 spiro atoms. The Morgan fingerprint density at radius 2 is 2.17 bits per heavy atom. The second-order valence-electron chi connectivity index (χ2n) is 5.49. The molecule has 1 heterocycles. The summed E-state index contributed by atoms with van der Waals surface area (Å²) in [4.78, 5) is 5.97. The maximum atomic E-state index is 3.60. The minimum atomic E-state index is 0.671. The molecule has 0 radical (unpaired) electrons. The molecular formula is C15H19BrN2. The molecule has 0 fully saturated rings. The molecule has 96 valence electrons. The number of aromatic amines is 1. The number of hydrogen-bond donors (Lipinski definition) is 1. The fourth-order valence-electron chi connectivity index (χ4n) is 3.02. The third-order valence-corrected chi connectivity index (χ3v) is 4.58. The molecule has 3 heteroatoms. The van der Waals surface area contributed by atoms with E-state index in [1.165, 1.54) is 52.3 Å². The van der Waals surface area contributed by atoms with Crippen molar-refractivity contribution in [2.24, 2.45) is 0 Å². The maximum Gasteiger partial charge on any atom is 0.0459 e. The molecule has 0 amide bonds. The van der Waals surface area contributed by atoms with Gasteiger partial charge in [0.1, 0.15) is 0 Å². The lowest BCUT2D eigenvalue weighted by atomic mass is 10.0. The van der Waals surface area contributed by atoms with Crippen LogP contribution in [0.1, 0.15) is 24.1 Å². The summed E-state index contributed by atoms with van der Waals surface area (Å²) in [5.41, 5.74) is 4.26. The van der Waals surface area contributed by atoms with Gasteiger partial charge in [0.25, 0.3) is 0 Å². The molecule has 1 atom stereocenters. The fourth-order valence-corrected chi connectivity index (χ4v) is 3.38. The summed E-state index contributed by atoms with van der Waals surface area (Å²) in [7, 11) is 4.39. The zero-order chi connectivity index (χ0) is 12.7. The van der Waals surface area contributed by atoms with E-state index in [4.69, 9.17) is 0 Å². The molecule has 3 rings (SSSR count). The Hall–Kier alpha value is -0.800. The van der Waals surface area contributed by atoms with Gasteiger partial charge in [0.05, 0.1) is 0 Å². The molecule has 0 bridgehead atoms. The second-order valence-corrected chi connectivity index (χ2v) is 6.40. The van der Waals surface area contributed by atoms with Crippen molar-refractivity contribution in [1.29, 1.82) is 0 Å². The molecular weight excluding hydrogens is 288 g/mol. The molecule has 1 N–H and O–H groups in total. The van der Waals surface area contributed by atoms with E-state index in [-0.39, 0.29) is 0 Å². The zero-order valence-electron chi connectivity index (χ0n) is 11.0. The molecule has 0 aliphatic heterocycles. The highest BCUT2D eigenvalue weighted by molar-refractivity contribution is 9.10. The second kappa shape index (κ2) is 4.71. The van der Waals surface area contributed by atoms with E-state index in [2.05, 4.69) is 58.1 Å². The molecule has 1 aromatic carbocycles. The molecule has 2 nitrogen and oxygen atoms in total. The quantitative estimate of drug-likeness (QED) is 0.795. The van der Waals surface area contributed by atoms with Crippen molar-refractivity contribution in [1.82, 2.24) is 9.88 Å². The molecule has 1 aliphatic rings. The Bertz CT molecular complexity index is 571. The first-order valence-corrected chi connectivity index (χ1v) is 7.40. The highest BCUT2D eigenvalue weighted by atomic mass is 79.9. The topological polar surface area (TPSA) is 19.0 Å². The Morgan fingerprint density at radius 1 is 1.33 bits per heavy atom. The summed E-state index contributed by atoms with van der Waals surface area (Å²) >= 11 is 3.58. The average molecular weight is 307 g/mol. The molecule has 18 heavy (non-hydrogen) atoms. The normalized spacial score (nSPS) is 20.1. The number of aryl methyl sites for hydroxylation is 1. The molecule has 0 saturated carbocycles. The minimum Gasteiger partial charge on any atom is -0.358 e. The van der Waals surface area contributed by atoms with Gasteiger partial charge in [0, 0.05) is 27.1 Å². The van der Waals surface area contributed by atoms with E-state index in [1.54, 1.807) is 0 Å². The van der Waals surface area contributed by atoms with Crippen LogP contribution >= 0.6 is 15.9 Å². The van der Waals surface area contributed by atoms with Crippen LogP contribution in [0.15, 0.2) is 22.7 Å². The number of fused-ring (bicyclic) bond motifs is 3. The van der Waals surface area contributed by atoms with Crippen LogP contribution < -0.4 is 0 Å². The van der Waals surface area contributed by atoms with Gasteiger partial charge in [-0.05, 0) is 63.5 Å². The summed E-state index contributed by atoms with van der Waals surface area (Å²) in [5, 5.41) is 1.40. The van der Waals surface area contributed by atoms with Gasteiger partial charge in [-0.25, -0.2) is 0 Å². The van der Waals surface area contributed by atoms with Crippen LogP contribution in [0.3, 0.4) is 0 Å². The highest BCUT2D eigenvalue weighted by Gasteiger charge is 2.21. The van der Waals surface area contributed by atoms with Gasteiger partial charge in [0.15, 0.2) is 0 Å². The monoisotopic (exact) mass is 306 g/mol. The summed E-state index contributed by atoms with van der Waals surface area (Å²) in [6, 6.07) is 7.22. The standard InChI is InChI=1S/C15H19BrN2/c1-18(2)11-4-3-5-14-13(9-11)12-8-10(16)6-7-15(12)17-14/h6-8,11,17H,3-5,9H2,1-2H3. The van der Waals surface area contributed by atoms with Crippen LogP contribution in [0.25, 0.3) is 10.9 Å². The Labute approximate surface area is 116 Å². The number of aromatic nitrogens is 1. The maximum absolute atomic E-state index is 3.60. The summed E-state index contributed by atoms with van der Waals surface area (Å²) in [6.07, 6.45) is 4.93. The first-order chi connectivity index (χ1) is 8.65. The van der Waals surface area contributed by atoms with Crippen molar-refractivity contribution < 1.29 is 0 Å². The van der Waals surface area contributed by atoms with Gasteiger partial charge in [-0.15, -0.1) is 0 Å². The van der Waals surface area contributed by atoms with E-state index in [9.17, 15) is 0 Å². The number of benzene rings is 1. The number of rotatable bonds is 1. The SMILES string of the molecule is CN(C)C1CCCc2[nH]c3ccc(Br)cc3c2C1. The zero-order valence-corrected chi connectivity index (χ0v) is 12.5. The highest BCUT2D eigenvalue weighted by Crippen LogP contribution is 2.31. The van der Waals surface area contributed by atoms with E-state index in [0.717, 1.165) is 0 Å². The number of nitrogens with one attached hydrogen (secondary N) is 1. The molecule has 1 aliphatic carbocycles. The lowest BCUT2D eigenvalue weighted by Crippen LogP contribution is -2.29. The lowest BCUT2D eigenvalue weighted by Gasteiger charge is -2.22. The summed E-state index contributed by atoms with van der Waals surface area (Å²) < 4.78 is 1.17. The van der Waals surface area contributed by atoms with Crippen LogP contribution in [0.5, 0.6) is 0 Å². The minimum absolute atomic E-state index is 0.671. The Balaban J connectivity index is 2.10. The Kier molecular flexibility index (Phi) is 3.20. The van der Waals surface area contributed by atoms with Crippen molar-refractivity contribution in [3.63, 3.8) is 0 Å². The van der Waals surface area contributed by atoms with E-state index in [1.807, 2.05) is 0 Å². The van der Waals surface area contributed by atoms with E-state index >= 15 is 0 Å². The van der Waals surface area contributed by atoms with Crippen molar-refractivity contribution in [3.8, 4) is 0 Å². The predicted octanol–water partition coefficient (Wildman–Crippen LogP) is 3.74. The first kappa shape index (κ1) is 12.2. The number of halogens is 1. The number of nitrogens with zero attached hydrogens (tertiary/aromatic N) is 1. The van der Waals surface area contributed by atoms with Crippen molar-refractivity contribution in [3.05, 3.63) is 33.9 Å². The molecule has 1 aromatic heterocycles. The predicted molar refractivity (Wildman–Crippen MR) is 80.1 cm³/mol. The van der Waals surface area contributed by atoms with Crippen LogP contribution in [0.2, 0.25) is 0 Å².